The Kier molecular flexibility index (Phi) is 12.9. The summed E-state index contributed by atoms with van der Waals surface area (Å²) >= 11 is 6.12. The van der Waals surface area contributed by atoms with E-state index in [1.165, 1.54) is 5.56 Å². The fourth-order valence-electron chi connectivity index (χ4n) is 7.09. The van der Waals surface area contributed by atoms with Crippen molar-refractivity contribution < 1.29 is 19.1 Å². The van der Waals surface area contributed by atoms with Gasteiger partial charge in [0.05, 0.1) is 5.41 Å². The van der Waals surface area contributed by atoms with Gasteiger partial charge in [0.25, 0.3) is 0 Å². The second-order valence-electron chi connectivity index (χ2n) is 12.6. The first kappa shape index (κ1) is 34.9. The summed E-state index contributed by atoms with van der Waals surface area (Å²) in [5, 5.41) is 10.4. The summed E-state index contributed by atoms with van der Waals surface area (Å²) in [6.45, 7) is 11.1. The average molecular weight is 639 g/mol. The molecular formula is C36H51ClN4O4. The lowest BCUT2D eigenvalue weighted by Crippen LogP contribution is -2.58. The normalized spacial score (nSPS) is 20.3. The Bertz CT molecular complexity index is 1270. The molecule has 246 valence electrons. The molecule has 1 unspecified atom stereocenters. The standard InChI is InChI=1S/C34H45ClN4O4.C2H6/c1-23(2)37-33(42)34(26-12-19-43-20-13-26)14-17-39(18-15-34)32(41)30(21-24-7-9-27(35)10-8-24)38-31(40)22-29-28-6-4-3-5-25(28)11-16-36-29;1-2/h3-10,23,26,29-30,36H,11-22H2,1-2H3,(H,37,42)(H,38,40);1-2H3/t29?,30-;/m1./s1. The molecule has 2 fully saturated rings. The number of halogens is 1. The number of likely N-dealkylation sites (tertiary alicyclic amines) is 1. The summed E-state index contributed by atoms with van der Waals surface area (Å²) in [7, 11) is 0. The highest BCUT2D eigenvalue weighted by molar-refractivity contribution is 6.30. The predicted molar refractivity (Wildman–Crippen MR) is 179 cm³/mol. The van der Waals surface area contributed by atoms with Crippen LogP contribution in [0.1, 0.15) is 82.5 Å². The number of fused-ring (bicyclic) bond motifs is 1. The number of rotatable bonds is 9. The van der Waals surface area contributed by atoms with Crippen LogP contribution in [0.5, 0.6) is 0 Å². The number of hydrogen-bond acceptors (Lipinski definition) is 5. The van der Waals surface area contributed by atoms with Crippen LogP contribution >= 0.6 is 11.6 Å². The Morgan fingerprint density at radius 2 is 1.67 bits per heavy atom. The van der Waals surface area contributed by atoms with Crippen molar-refractivity contribution in [3.63, 3.8) is 0 Å². The molecule has 0 aromatic heterocycles. The molecule has 45 heavy (non-hydrogen) atoms. The lowest BCUT2D eigenvalue weighted by molar-refractivity contribution is -0.148. The molecule has 0 aliphatic carbocycles. The number of nitrogens with zero attached hydrogens (tertiary/aromatic N) is 1. The molecule has 0 saturated carbocycles. The van der Waals surface area contributed by atoms with Crippen LogP contribution in [-0.4, -0.2) is 67.6 Å². The van der Waals surface area contributed by atoms with Crippen LogP contribution in [0.25, 0.3) is 0 Å². The van der Waals surface area contributed by atoms with E-state index in [0.717, 1.165) is 36.9 Å². The summed E-state index contributed by atoms with van der Waals surface area (Å²) in [5.74, 6) is 0.0528. The zero-order valence-electron chi connectivity index (χ0n) is 27.4. The minimum absolute atomic E-state index is 0.0495. The summed E-state index contributed by atoms with van der Waals surface area (Å²) in [6.07, 6.45) is 4.47. The molecule has 3 N–H and O–H groups in total. The van der Waals surface area contributed by atoms with Crippen molar-refractivity contribution in [1.29, 1.82) is 0 Å². The van der Waals surface area contributed by atoms with Gasteiger partial charge in [-0.1, -0.05) is 61.8 Å². The van der Waals surface area contributed by atoms with Crippen molar-refractivity contribution in [3.05, 3.63) is 70.2 Å². The predicted octanol–water partition coefficient (Wildman–Crippen LogP) is 5.23. The molecule has 3 heterocycles. The molecule has 8 nitrogen and oxygen atoms in total. The number of nitrogens with one attached hydrogen (secondary N) is 3. The first-order valence-electron chi connectivity index (χ1n) is 16.8. The summed E-state index contributed by atoms with van der Waals surface area (Å²) in [5.41, 5.74) is 2.81. The molecule has 3 amide bonds. The lowest BCUT2D eigenvalue weighted by atomic mass is 9.65. The van der Waals surface area contributed by atoms with E-state index >= 15 is 0 Å². The van der Waals surface area contributed by atoms with Crippen LogP contribution in [0.3, 0.4) is 0 Å². The third-order valence-electron chi connectivity index (χ3n) is 9.43. The highest BCUT2D eigenvalue weighted by Crippen LogP contribution is 2.44. The molecule has 0 bridgehead atoms. The van der Waals surface area contributed by atoms with E-state index < -0.39 is 11.5 Å². The van der Waals surface area contributed by atoms with E-state index in [9.17, 15) is 14.4 Å². The summed E-state index contributed by atoms with van der Waals surface area (Å²) in [6, 6.07) is 14.9. The van der Waals surface area contributed by atoms with Crippen LogP contribution in [0.2, 0.25) is 5.02 Å². The van der Waals surface area contributed by atoms with E-state index in [1.54, 1.807) is 12.1 Å². The van der Waals surface area contributed by atoms with Gasteiger partial charge in [-0.2, -0.15) is 0 Å². The second kappa shape index (κ2) is 16.6. The molecule has 2 aromatic carbocycles. The Balaban J connectivity index is 0.00000226. The third kappa shape index (κ3) is 8.87. The van der Waals surface area contributed by atoms with Gasteiger partial charge in [0.2, 0.25) is 17.7 Å². The number of amides is 3. The van der Waals surface area contributed by atoms with Crippen molar-refractivity contribution in [1.82, 2.24) is 20.9 Å². The summed E-state index contributed by atoms with van der Waals surface area (Å²) < 4.78 is 5.61. The first-order valence-corrected chi connectivity index (χ1v) is 17.2. The van der Waals surface area contributed by atoms with Crippen LogP contribution in [-0.2, 0) is 32.0 Å². The molecular weight excluding hydrogens is 588 g/mol. The molecule has 3 aliphatic heterocycles. The van der Waals surface area contributed by atoms with E-state index in [0.29, 0.717) is 50.6 Å². The maximum atomic E-state index is 14.1. The minimum atomic E-state index is -0.715. The molecule has 3 aliphatic rings. The van der Waals surface area contributed by atoms with Gasteiger partial charge >= 0.3 is 0 Å². The number of carbonyl (C=O) groups excluding carboxylic acids is 3. The van der Waals surface area contributed by atoms with Crippen molar-refractivity contribution in [3.8, 4) is 0 Å². The third-order valence-corrected chi connectivity index (χ3v) is 9.69. The van der Waals surface area contributed by atoms with E-state index in [2.05, 4.69) is 28.1 Å². The van der Waals surface area contributed by atoms with Crippen LogP contribution in [0, 0.1) is 11.3 Å². The number of benzene rings is 2. The van der Waals surface area contributed by atoms with Crippen LogP contribution in [0.4, 0.5) is 0 Å². The van der Waals surface area contributed by atoms with Gasteiger partial charge in [0.15, 0.2) is 0 Å². The van der Waals surface area contributed by atoms with Gasteiger partial charge in [-0.05, 0) is 87.2 Å². The quantitative estimate of drug-likeness (QED) is 0.349. The van der Waals surface area contributed by atoms with Gasteiger partial charge in [0.1, 0.15) is 6.04 Å². The average Bonchev–Trinajstić information content (AvgIpc) is 3.06. The largest absolute Gasteiger partial charge is 0.381 e. The van der Waals surface area contributed by atoms with Crippen LogP contribution < -0.4 is 16.0 Å². The van der Waals surface area contributed by atoms with E-state index in [1.807, 2.05) is 56.9 Å². The van der Waals surface area contributed by atoms with Gasteiger partial charge < -0.3 is 25.6 Å². The summed E-state index contributed by atoms with van der Waals surface area (Å²) in [4.78, 5) is 43.0. The molecule has 0 radical (unpaired) electrons. The topological polar surface area (TPSA) is 99.8 Å². The van der Waals surface area contributed by atoms with Gasteiger partial charge in [-0.3, -0.25) is 14.4 Å². The monoisotopic (exact) mass is 638 g/mol. The van der Waals surface area contributed by atoms with E-state index in [-0.39, 0.29) is 42.1 Å². The maximum Gasteiger partial charge on any atom is 0.245 e. The fraction of sp³-hybridized carbons (Fsp3) is 0.583. The highest BCUT2D eigenvalue weighted by atomic mass is 35.5. The fourth-order valence-corrected chi connectivity index (χ4v) is 7.22. The van der Waals surface area contributed by atoms with Crippen molar-refractivity contribution in [2.45, 2.75) is 90.8 Å². The first-order chi connectivity index (χ1) is 21.7. The zero-order chi connectivity index (χ0) is 32.4. The zero-order valence-corrected chi connectivity index (χ0v) is 28.1. The second-order valence-corrected chi connectivity index (χ2v) is 13.0. The van der Waals surface area contributed by atoms with Gasteiger partial charge in [-0.25, -0.2) is 0 Å². The molecule has 5 rings (SSSR count). The van der Waals surface area contributed by atoms with Gasteiger partial charge in [0, 0.05) is 56.3 Å². The molecule has 2 aromatic rings. The Labute approximate surface area is 274 Å². The number of ether oxygens (including phenoxy) is 1. The van der Waals surface area contributed by atoms with Crippen LogP contribution in [0.15, 0.2) is 48.5 Å². The van der Waals surface area contributed by atoms with Crippen molar-refractivity contribution >= 4 is 29.3 Å². The lowest BCUT2D eigenvalue weighted by Gasteiger charge is -2.47. The highest BCUT2D eigenvalue weighted by Gasteiger charge is 2.48. The SMILES string of the molecule is CC.CC(C)NC(=O)C1(C2CCOCC2)CCN(C(=O)[C@@H](Cc2ccc(Cl)cc2)NC(=O)CC2NCCc3ccccc32)CC1. The van der Waals surface area contributed by atoms with E-state index in [4.69, 9.17) is 16.3 Å². The van der Waals surface area contributed by atoms with Gasteiger partial charge in [-0.15, -0.1) is 0 Å². The van der Waals surface area contributed by atoms with Crippen molar-refractivity contribution in [2.75, 3.05) is 32.8 Å². The number of hydrogen-bond donors (Lipinski definition) is 3. The minimum Gasteiger partial charge on any atom is -0.381 e. The smallest absolute Gasteiger partial charge is 0.245 e. The number of carbonyl (C=O) groups is 3. The van der Waals surface area contributed by atoms with Crippen molar-refractivity contribution in [2.24, 2.45) is 11.3 Å². The Morgan fingerprint density at radius 1 is 1.00 bits per heavy atom. The Hall–Kier alpha value is -2.94. The Morgan fingerprint density at radius 3 is 2.33 bits per heavy atom. The number of piperidine rings is 1. The molecule has 2 atom stereocenters. The molecule has 2 saturated heterocycles. The molecule has 9 heteroatoms. The molecule has 0 spiro atoms. The maximum absolute atomic E-state index is 14.1.